The van der Waals surface area contributed by atoms with E-state index < -0.39 is 5.69 Å². The van der Waals surface area contributed by atoms with Gasteiger partial charge in [-0.1, -0.05) is 18.2 Å². The van der Waals surface area contributed by atoms with E-state index in [0.717, 1.165) is 11.4 Å². The van der Waals surface area contributed by atoms with Crippen LogP contribution in [0.3, 0.4) is 0 Å². The predicted molar refractivity (Wildman–Crippen MR) is 95.4 cm³/mol. The molecule has 2 aromatic heterocycles. The van der Waals surface area contributed by atoms with Crippen molar-refractivity contribution in [1.82, 2.24) is 25.0 Å². The molecule has 0 saturated carbocycles. The summed E-state index contributed by atoms with van der Waals surface area (Å²) in [6.45, 7) is 0. The first-order valence-electron chi connectivity index (χ1n) is 7.49. The number of hydrazine groups is 1. The molecule has 0 aliphatic carbocycles. The minimum absolute atomic E-state index is 0.196. The Morgan fingerprint density at radius 2 is 1.64 bits per heavy atom. The van der Waals surface area contributed by atoms with E-state index in [-0.39, 0.29) is 11.5 Å². The minimum atomic E-state index is -0.515. The summed E-state index contributed by atoms with van der Waals surface area (Å²) in [4.78, 5) is 16.0. The van der Waals surface area contributed by atoms with Gasteiger partial charge in [-0.15, -0.1) is 0 Å². The molecule has 0 amide bonds. The Morgan fingerprint density at radius 3 is 2.36 bits per heavy atom. The van der Waals surface area contributed by atoms with Crippen LogP contribution in [0.4, 0.5) is 17.2 Å². The molecule has 9 nitrogen and oxygen atoms in total. The number of aromatic nitrogens is 5. The average molecular weight is 334 g/mol. The molecule has 0 aliphatic heterocycles. The summed E-state index contributed by atoms with van der Waals surface area (Å²) >= 11 is 0. The van der Waals surface area contributed by atoms with Crippen LogP contribution < -0.4 is 22.3 Å². The van der Waals surface area contributed by atoms with Crippen molar-refractivity contribution in [2.45, 2.75) is 0 Å². The summed E-state index contributed by atoms with van der Waals surface area (Å²) in [5, 5.41) is 10.6. The van der Waals surface area contributed by atoms with Gasteiger partial charge in [-0.05, 0) is 36.4 Å². The molecule has 0 radical (unpaired) electrons. The molecule has 0 fully saturated rings. The Labute approximate surface area is 141 Å². The Hall–Kier alpha value is -3.88. The number of H-pyrrole nitrogens is 1. The number of nitrogens with zero attached hydrogens (tertiary/aromatic N) is 4. The van der Waals surface area contributed by atoms with Crippen LogP contribution in [0.5, 0.6) is 0 Å². The van der Waals surface area contributed by atoms with E-state index in [1.807, 2.05) is 42.5 Å². The van der Waals surface area contributed by atoms with Crippen molar-refractivity contribution in [3.63, 3.8) is 0 Å². The van der Waals surface area contributed by atoms with E-state index >= 15 is 0 Å². The van der Waals surface area contributed by atoms with Crippen molar-refractivity contribution in [2.24, 2.45) is 0 Å². The van der Waals surface area contributed by atoms with Crippen molar-refractivity contribution in [3.8, 4) is 5.69 Å². The van der Waals surface area contributed by atoms with Gasteiger partial charge in [0.05, 0.1) is 17.1 Å². The van der Waals surface area contributed by atoms with E-state index in [9.17, 15) is 4.79 Å². The minimum Gasteiger partial charge on any atom is -0.380 e. The number of para-hydroxylation sites is 1. The third-order valence-electron chi connectivity index (χ3n) is 3.57. The highest BCUT2D eigenvalue weighted by atomic mass is 16.1. The fourth-order valence-electron chi connectivity index (χ4n) is 2.32. The fourth-order valence-corrected chi connectivity index (χ4v) is 2.32. The summed E-state index contributed by atoms with van der Waals surface area (Å²) in [7, 11) is 0. The number of benzene rings is 2. The number of anilines is 3. The van der Waals surface area contributed by atoms with Gasteiger partial charge in [0.25, 0.3) is 0 Å². The number of nitrogens with one attached hydrogen (secondary N) is 3. The number of nitrogen functional groups attached to an aromatic ring is 1. The molecule has 2 heterocycles. The van der Waals surface area contributed by atoms with Crippen LogP contribution in [0.25, 0.3) is 16.9 Å². The zero-order valence-corrected chi connectivity index (χ0v) is 13.0. The van der Waals surface area contributed by atoms with Crippen LogP contribution in [0.1, 0.15) is 0 Å². The van der Waals surface area contributed by atoms with E-state index in [1.54, 1.807) is 12.1 Å². The second-order valence-electron chi connectivity index (χ2n) is 5.28. The highest BCUT2D eigenvalue weighted by Crippen LogP contribution is 2.15. The van der Waals surface area contributed by atoms with Crippen molar-refractivity contribution in [3.05, 3.63) is 65.1 Å². The monoisotopic (exact) mass is 334 g/mol. The maximum absolute atomic E-state index is 12.1. The largest absolute Gasteiger partial charge is 0.380 e. The van der Waals surface area contributed by atoms with Crippen LogP contribution in [-0.4, -0.2) is 25.0 Å². The molecule has 0 bridgehead atoms. The molecule has 0 unspecified atom stereocenters. The standard InChI is InChI=1S/C16H14N8O/c17-14-13-15(22-21-14)18-16(25)24(23-13)12-8-6-11(7-9-12)20-19-10-4-2-1-3-5-10/h1-9,19-20H,(H2,17,21)(H,18,22,25). The Balaban J connectivity index is 1.58. The summed E-state index contributed by atoms with van der Waals surface area (Å²) < 4.78 is 1.18. The number of aromatic amines is 1. The van der Waals surface area contributed by atoms with Gasteiger partial charge in [0.1, 0.15) is 0 Å². The van der Waals surface area contributed by atoms with Crippen LogP contribution in [-0.2, 0) is 0 Å². The molecule has 5 N–H and O–H groups in total. The number of hydrogen-bond donors (Lipinski definition) is 4. The molecule has 0 atom stereocenters. The van der Waals surface area contributed by atoms with Gasteiger partial charge in [0, 0.05) is 0 Å². The summed E-state index contributed by atoms with van der Waals surface area (Å²) in [5.41, 5.74) is 14.3. The highest BCUT2D eigenvalue weighted by Gasteiger charge is 2.10. The SMILES string of the molecule is Nc1n[nH]c2nc(=O)n(-c3ccc(NNc4ccccc4)cc3)nc12. The van der Waals surface area contributed by atoms with Gasteiger partial charge in [0.2, 0.25) is 0 Å². The molecule has 4 rings (SSSR count). The number of nitrogens with two attached hydrogens (primary N) is 1. The van der Waals surface area contributed by atoms with Crippen molar-refractivity contribution >= 4 is 28.4 Å². The molecule has 2 aromatic carbocycles. The van der Waals surface area contributed by atoms with E-state index in [1.165, 1.54) is 4.68 Å². The average Bonchev–Trinajstić information content (AvgIpc) is 3.00. The summed E-state index contributed by atoms with van der Waals surface area (Å²) in [6.07, 6.45) is 0. The zero-order chi connectivity index (χ0) is 17.2. The molecular weight excluding hydrogens is 320 g/mol. The molecule has 9 heteroatoms. The lowest BCUT2D eigenvalue weighted by molar-refractivity contribution is 0.792. The van der Waals surface area contributed by atoms with Crippen molar-refractivity contribution in [1.29, 1.82) is 0 Å². The van der Waals surface area contributed by atoms with Crippen LogP contribution >= 0.6 is 0 Å². The smallest absolute Gasteiger partial charge is 0.370 e. The Bertz CT molecular complexity index is 1070. The first-order valence-corrected chi connectivity index (χ1v) is 7.49. The molecular formula is C16H14N8O. The first kappa shape index (κ1) is 14.7. The summed E-state index contributed by atoms with van der Waals surface area (Å²) in [5.74, 6) is 0.196. The normalized spacial score (nSPS) is 10.7. The Kier molecular flexibility index (Phi) is 3.51. The van der Waals surface area contributed by atoms with Gasteiger partial charge < -0.3 is 16.6 Å². The van der Waals surface area contributed by atoms with Gasteiger partial charge in [-0.25, -0.2) is 4.79 Å². The quantitative estimate of drug-likeness (QED) is 0.417. The van der Waals surface area contributed by atoms with Gasteiger partial charge in [-0.3, -0.25) is 5.10 Å². The van der Waals surface area contributed by atoms with Crippen LogP contribution in [0.2, 0.25) is 0 Å². The maximum Gasteiger partial charge on any atom is 0.370 e. The number of rotatable bonds is 4. The second-order valence-corrected chi connectivity index (χ2v) is 5.28. The number of hydrogen-bond acceptors (Lipinski definition) is 7. The third-order valence-corrected chi connectivity index (χ3v) is 3.57. The van der Waals surface area contributed by atoms with Crippen molar-refractivity contribution in [2.75, 3.05) is 16.6 Å². The molecule has 0 spiro atoms. The summed E-state index contributed by atoms with van der Waals surface area (Å²) in [6, 6.07) is 16.9. The fraction of sp³-hybridized carbons (Fsp3) is 0. The lowest BCUT2D eigenvalue weighted by Gasteiger charge is -2.10. The van der Waals surface area contributed by atoms with E-state index in [0.29, 0.717) is 11.2 Å². The van der Waals surface area contributed by atoms with Crippen molar-refractivity contribution < 1.29 is 0 Å². The predicted octanol–water partition coefficient (Wildman–Crippen LogP) is 1.52. The van der Waals surface area contributed by atoms with Gasteiger partial charge in [0.15, 0.2) is 17.0 Å². The second kappa shape index (κ2) is 5.96. The van der Waals surface area contributed by atoms with Crippen LogP contribution in [0, 0.1) is 0 Å². The maximum atomic E-state index is 12.1. The van der Waals surface area contributed by atoms with E-state index in [2.05, 4.69) is 31.1 Å². The van der Waals surface area contributed by atoms with Gasteiger partial charge >= 0.3 is 5.69 Å². The lowest BCUT2D eigenvalue weighted by Crippen LogP contribution is -2.24. The molecule has 0 saturated heterocycles. The topological polar surface area (TPSA) is 127 Å². The molecule has 25 heavy (non-hydrogen) atoms. The molecule has 0 aliphatic rings. The molecule has 124 valence electrons. The molecule has 4 aromatic rings. The lowest BCUT2D eigenvalue weighted by atomic mass is 10.3. The number of fused-ring (bicyclic) bond motifs is 1. The van der Waals surface area contributed by atoms with E-state index in [4.69, 9.17) is 5.73 Å². The zero-order valence-electron chi connectivity index (χ0n) is 13.0. The highest BCUT2D eigenvalue weighted by molar-refractivity contribution is 5.80. The first-order chi connectivity index (χ1) is 12.2. The van der Waals surface area contributed by atoms with Gasteiger partial charge in [-0.2, -0.15) is 19.9 Å². The Morgan fingerprint density at radius 1 is 0.960 bits per heavy atom. The third kappa shape index (κ3) is 2.85. The van der Waals surface area contributed by atoms with Crippen LogP contribution in [0.15, 0.2) is 59.4 Å².